The highest BCUT2D eigenvalue weighted by atomic mass is 35.5. The number of carbonyl (C=O) groups excluding carboxylic acids is 2. The highest BCUT2D eigenvalue weighted by molar-refractivity contribution is 7.89. The Morgan fingerprint density at radius 3 is 2.33 bits per heavy atom. The van der Waals surface area contributed by atoms with E-state index in [1.807, 2.05) is 0 Å². The van der Waals surface area contributed by atoms with Crippen molar-refractivity contribution in [1.29, 1.82) is 0 Å². The van der Waals surface area contributed by atoms with Crippen molar-refractivity contribution in [3.63, 3.8) is 0 Å². The fraction of sp³-hybridized carbons (Fsp3) is 0.333. The van der Waals surface area contributed by atoms with E-state index >= 15 is 0 Å². The van der Waals surface area contributed by atoms with Crippen LogP contribution in [0.3, 0.4) is 0 Å². The van der Waals surface area contributed by atoms with Crippen LogP contribution in [0.15, 0.2) is 41.3 Å². The summed E-state index contributed by atoms with van der Waals surface area (Å²) in [6.07, 6.45) is -0.820. The second-order valence-electron chi connectivity index (χ2n) is 7.39. The number of ether oxygens (including phenoxy) is 3. The van der Waals surface area contributed by atoms with Crippen LogP contribution in [0.2, 0.25) is 5.02 Å². The van der Waals surface area contributed by atoms with Gasteiger partial charge in [0.25, 0.3) is 0 Å². The molecule has 1 atom stereocenters. The van der Waals surface area contributed by atoms with Gasteiger partial charge in [-0.25, -0.2) is 26.8 Å². The van der Waals surface area contributed by atoms with Gasteiger partial charge in [0.2, 0.25) is 10.0 Å². The average Bonchev–Trinajstić information content (AvgIpc) is 2.86. The molecule has 1 amide bonds. The summed E-state index contributed by atoms with van der Waals surface area (Å²) in [6.45, 7) is -0.994. The van der Waals surface area contributed by atoms with Gasteiger partial charge in [-0.15, -0.1) is 0 Å². The predicted molar refractivity (Wildman–Crippen MR) is 121 cm³/mol. The Labute approximate surface area is 210 Å². The number of piperazine rings is 1. The summed E-state index contributed by atoms with van der Waals surface area (Å²) in [6, 6.07) is 5.13. The number of hydrogen-bond donors (Lipinski definition) is 1. The molecule has 36 heavy (non-hydrogen) atoms. The molecule has 2 N–H and O–H groups in total. The van der Waals surface area contributed by atoms with Gasteiger partial charge in [-0.05, 0) is 36.4 Å². The first-order valence-electron chi connectivity index (χ1n) is 10.3. The van der Waals surface area contributed by atoms with E-state index in [2.05, 4.69) is 4.84 Å². The third-order valence-electron chi connectivity index (χ3n) is 5.10. The first kappa shape index (κ1) is 27.5. The van der Waals surface area contributed by atoms with Crippen LogP contribution in [-0.2, 0) is 29.1 Å². The van der Waals surface area contributed by atoms with Crippen molar-refractivity contribution in [3.8, 4) is 11.5 Å². The Balaban J connectivity index is 1.85. The van der Waals surface area contributed by atoms with Crippen molar-refractivity contribution in [2.75, 3.05) is 40.0 Å². The largest absolute Gasteiger partial charge is 0.451 e. The molecule has 1 aliphatic heterocycles. The van der Waals surface area contributed by atoms with Crippen molar-refractivity contribution in [3.05, 3.63) is 53.1 Å². The van der Waals surface area contributed by atoms with E-state index in [-0.39, 0.29) is 25.5 Å². The molecule has 0 bridgehead atoms. The van der Waals surface area contributed by atoms with Crippen LogP contribution in [0.1, 0.15) is 0 Å². The summed E-state index contributed by atoms with van der Waals surface area (Å²) in [5.41, 5.74) is 0. The average molecular weight is 550 g/mol. The van der Waals surface area contributed by atoms with Gasteiger partial charge < -0.3 is 23.9 Å². The van der Waals surface area contributed by atoms with Crippen molar-refractivity contribution in [1.82, 2.24) is 9.21 Å². The number of nitrogens with zero attached hydrogens (tertiary/aromatic N) is 2. The van der Waals surface area contributed by atoms with Crippen LogP contribution in [0, 0.1) is 11.6 Å². The number of amides is 1. The quantitative estimate of drug-likeness (QED) is 0.388. The molecule has 196 valence electrons. The fourth-order valence-corrected chi connectivity index (χ4v) is 5.04. The Kier molecular flexibility index (Phi) is 9.03. The van der Waals surface area contributed by atoms with Crippen molar-refractivity contribution >= 4 is 33.7 Å². The molecule has 1 heterocycles. The fourth-order valence-electron chi connectivity index (χ4n) is 3.33. The van der Waals surface area contributed by atoms with Gasteiger partial charge >= 0.3 is 12.1 Å². The standard InChI is InChI=1S/C21H22ClF2N3O8S/c1-32-8-9-33-21(29)26-6-7-27(18(12-26)20(28)35-25)36(30,31)15-10-16(23)19(17(24)11-15)34-14-4-2-13(22)3-5-14/h2-5,10-11,18H,6-9,12,25H2,1H3/t18-/m1/s1. The maximum absolute atomic E-state index is 14.7. The summed E-state index contributed by atoms with van der Waals surface area (Å²) >= 11 is 5.77. The van der Waals surface area contributed by atoms with Crippen molar-refractivity contribution in [2.45, 2.75) is 10.9 Å². The molecule has 0 aromatic heterocycles. The van der Waals surface area contributed by atoms with Crippen molar-refractivity contribution < 1.29 is 45.8 Å². The lowest BCUT2D eigenvalue weighted by atomic mass is 10.2. The number of hydrogen-bond acceptors (Lipinski definition) is 9. The predicted octanol–water partition coefficient (Wildman–Crippen LogP) is 2.29. The van der Waals surface area contributed by atoms with E-state index < -0.39 is 63.5 Å². The monoisotopic (exact) mass is 549 g/mol. The zero-order chi connectivity index (χ0) is 26.5. The Bertz CT molecular complexity index is 1190. The van der Waals surface area contributed by atoms with Crippen LogP contribution >= 0.6 is 11.6 Å². The smallest absolute Gasteiger partial charge is 0.409 e. The maximum atomic E-state index is 14.7. The SMILES string of the molecule is COCCOC(=O)N1CCN(S(=O)(=O)c2cc(F)c(Oc3ccc(Cl)cc3)c(F)c2)[C@@H](C(=O)ON)C1. The van der Waals surface area contributed by atoms with Gasteiger partial charge in [0, 0.05) is 25.2 Å². The molecule has 0 aliphatic carbocycles. The van der Waals surface area contributed by atoms with E-state index in [0.717, 1.165) is 4.90 Å². The summed E-state index contributed by atoms with van der Waals surface area (Å²) in [4.78, 5) is 29.0. The number of benzene rings is 2. The molecule has 11 nitrogen and oxygen atoms in total. The number of sulfonamides is 1. The molecule has 0 saturated carbocycles. The molecule has 0 radical (unpaired) electrons. The van der Waals surface area contributed by atoms with Crippen LogP contribution in [-0.4, -0.2) is 75.7 Å². The first-order chi connectivity index (χ1) is 17.1. The van der Waals surface area contributed by atoms with Gasteiger partial charge in [0.1, 0.15) is 18.4 Å². The minimum Gasteiger partial charge on any atom is -0.451 e. The second kappa shape index (κ2) is 11.8. The Hall–Kier alpha value is -3.04. The lowest BCUT2D eigenvalue weighted by molar-refractivity contribution is -0.150. The van der Waals surface area contributed by atoms with E-state index in [4.69, 9.17) is 31.7 Å². The van der Waals surface area contributed by atoms with Crippen LogP contribution in [0.4, 0.5) is 13.6 Å². The highest BCUT2D eigenvalue weighted by Crippen LogP contribution is 2.32. The number of methoxy groups -OCH3 is 1. The molecule has 0 spiro atoms. The molecule has 0 unspecified atom stereocenters. The molecule has 15 heteroatoms. The zero-order valence-electron chi connectivity index (χ0n) is 18.9. The van der Waals surface area contributed by atoms with Crippen LogP contribution < -0.4 is 10.6 Å². The minimum absolute atomic E-state index is 0.0621. The normalized spacial score (nSPS) is 16.5. The third kappa shape index (κ3) is 6.20. The van der Waals surface area contributed by atoms with Gasteiger partial charge in [-0.2, -0.15) is 10.2 Å². The first-order valence-corrected chi connectivity index (χ1v) is 12.2. The van der Waals surface area contributed by atoms with E-state index in [9.17, 15) is 26.8 Å². The summed E-state index contributed by atoms with van der Waals surface area (Å²) in [5, 5.41) is 0.374. The van der Waals surface area contributed by atoms with Gasteiger partial charge in [-0.3, -0.25) is 0 Å². The van der Waals surface area contributed by atoms with Crippen LogP contribution in [0.25, 0.3) is 0 Å². The summed E-state index contributed by atoms with van der Waals surface area (Å²) in [7, 11) is -3.24. The molecular formula is C21H22ClF2N3O8S. The molecule has 1 saturated heterocycles. The molecule has 1 fully saturated rings. The van der Waals surface area contributed by atoms with E-state index in [1.165, 1.54) is 31.4 Å². The van der Waals surface area contributed by atoms with Gasteiger partial charge in [-0.1, -0.05) is 11.6 Å². The zero-order valence-corrected chi connectivity index (χ0v) is 20.4. The minimum atomic E-state index is -4.65. The number of halogens is 3. The topological polar surface area (TPSA) is 138 Å². The highest BCUT2D eigenvalue weighted by Gasteiger charge is 2.43. The molecule has 3 rings (SSSR count). The Morgan fingerprint density at radius 2 is 1.75 bits per heavy atom. The van der Waals surface area contributed by atoms with Crippen molar-refractivity contribution in [2.24, 2.45) is 5.90 Å². The Morgan fingerprint density at radius 1 is 1.11 bits per heavy atom. The van der Waals surface area contributed by atoms with E-state index in [0.29, 0.717) is 21.5 Å². The molecular weight excluding hydrogens is 528 g/mol. The summed E-state index contributed by atoms with van der Waals surface area (Å²) in [5.74, 6) is 0.386. The van der Waals surface area contributed by atoms with Gasteiger partial charge in [0.15, 0.2) is 17.4 Å². The number of carbonyl (C=O) groups is 2. The lowest BCUT2D eigenvalue weighted by Gasteiger charge is -2.38. The number of rotatable bonds is 8. The third-order valence-corrected chi connectivity index (χ3v) is 7.24. The second-order valence-corrected chi connectivity index (χ2v) is 9.72. The molecule has 2 aromatic carbocycles. The van der Waals surface area contributed by atoms with E-state index in [1.54, 1.807) is 0 Å². The van der Waals surface area contributed by atoms with Gasteiger partial charge in [0.05, 0.1) is 18.0 Å². The lowest BCUT2D eigenvalue weighted by Crippen LogP contribution is -2.60. The van der Waals surface area contributed by atoms with Crippen LogP contribution in [0.5, 0.6) is 11.5 Å². The molecule has 1 aliphatic rings. The molecule has 2 aromatic rings. The maximum Gasteiger partial charge on any atom is 0.409 e. The number of nitrogens with two attached hydrogens (primary N) is 1. The summed E-state index contributed by atoms with van der Waals surface area (Å²) < 4.78 is 71.6.